The smallest absolute Gasteiger partial charge is 0.410 e. The zero-order valence-electron chi connectivity index (χ0n) is 9.57. The number of nitrogens with zero attached hydrogens (tertiary/aromatic N) is 1. The van der Waals surface area contributed by atoms with Gasteiger partial charge in [-0.25, -0.2) is 4.79 Å². The van der Waals surface area contributed by atoms with E-state index in [1.807, 2.05) is 13.0 Å². The van der Waals surface area contributed by atoms with Crippen LogP contribution >= 0.6 is 0 Å². The summed E-state index contributed by atoms with van der Waals surface area (Å²) in [4.78, 5) is 13.5. The molecule has 2 fully saturated rings. The van der Waals surface area contributed by atoms with Gasteiger partial charge in [-0.2, -0.15) is 0 Å². The lowest BCUT2D eigenvalue weighted by Crippen LogP contribution is -2.50. The number of cyclic esters (lactones) is 1. The first kappa shape index (κ1) is 10.7. The summed E-state index contributed by atoms with van der Waals surface area (Å²) in [5, 5.41) is 10.1. The van der Waals surface area contributed by atoms with Crippen molar-refractivity contribution in [1.82, 2.24) is 4.90 Å². The second-order valence-electron chi connectivity index (χ2n) is 4.79. The first-order chi connectivity index (χ1) is 8.18. The molecule has 1 aromatic heterocycles. The maximum Gasteiger partial charge on any atom is 0.410 e. The summed E-state index contributed by atoms with van der Waals surface area (Å²) in [5.74, 6) is 0.0459. The molecule has 2 aliphatic heterocycles. The molecule has 0 bridgehead atoms. The zero-order chi connectivity index (χ0) is 12.0. The molecule has 0 aromatic carbocycles. The van der Waals surface area contributed by atoms with Crippen LogP contribution < -0.4 is 0 Å². The Labute approximate surface area is 99.0 Å². The van der Waals surface area contributed by atoms with Crippen molar-refractivity contribution in [3.63, 3.8) is 0 Å². The van der Waals surface area contributed by atoms with Gasteiger partial charge in [0.05, 0.1) is 30.7 Å². The van der Waals surface area contributed by atoms with Gasteiger partial charge in [0.25, 0.3) is 0 Å². The van der Waals surface area contributed by atoms with E-state index < -0.39 is 6.10 Å². The predicted molar refractivity (Wildman–Crippen MR) is 58.2 cm³/mol. The molecule has 0 aliphatic carbocycles. The first-order valence-corrected chi connectivity index (χ1v) is 5.83. The van der Waals surface area contributed by atoms with Gasteiger partial charge in [-0.05, 0) is 12.5 Å². The maximum absolute atomic E-state index is 11.8. The predicted octanol–water partition coefficient (Wildman–Crippen LogP) is 1.54. The number of ether oxygens (including phenoxy) is 1. The number of rotatable bonds is 1. The van der Waals surface area contributed by atoms with Crippen molar-refractivity contribution in [2.75, 3.05) is 6.61 Å². The van der Waals surface area contributed by atoms with E-state index in [1.165, 1.54) is 0 Å². The van der Waals surface area contributed by atoms with E-state index >= 15 is 0 Å². The van der Waals surface area contributed by atoms with E-state index in [9.17, 15) is 9.90 Å². The lowest BCUT2D eigenvalue weighted by molar-refractivity contribution is -0.00636. The van der Waals surface area contributed by atoms with E-state index in [1.54, 1.807) is 17.4 Å². The van der Waals surface area contributed by atoms with Gasteiger partial charge < -0.3 is 14.3 Å². The maximum atomic E-state index is 11.8. The normalized spacial score (nSPS) is 36.8. The lowest BCUT2D eigenvalue weighted by Gasteiger charge is -2.41. The van der Waals surface area contributed by atoms with Crippen molar-refractivity contribution in [2.24, 2.45) is 5.92 Å². The molecule has 1 aromatic rings. The minimum absolute atomic E-state index is 0.0360. The molecule has 0 spiro atoms. The molecular weight excluding hydrogens is 222 g/mol. The van der Waals surface area contributed by atoms with Crippen molar-refractivity contribution in [1.29, 1.82) is 0 Å². The van der Waals surface area contributed by atoms with Gasteiger partial charge in [0.15, 0.2) is 0 Å². The SMILES string of the molecule is C[C@@H]1[C@H](O)C[C@@H](c2ccoc2)N2C(=O)OC[C@@H]12. The van der Waals surface area contributed by atoms with Gasteiger partial charge >= 0.3 is 6.09 Å². The molecule has 0 unspecified atom stereocenters. The second-order valence-corrected chi connectivity index (χ2v) is 4.79. The fourth-order valence-corrected chi connectivity index (χ4v) is 2.79. The molecule has 3 heterocycles. The number of aliphatic hydroxyl groups excluding tert-OH is 1. The highest BCUT2D eigenvalue weighted by molar-refractivity contribution is 5.71. The summed E-state index contributed by atoms with van der Waals surface area (Å²) >= 11 is 0. The number of carbonyl (C=O) groups is 1. The van der Waals surface area contributed by atoms with Crippen LogP contribution in [0.3, 0.4) is 0 Å². The molecule has 5 heteroatoms. The van der Waals surface area contributed by atoms with Crippen molar-refractivity contribution in [3.8, 4) is 0 Å². The summed E-state index contributed by atoms with van der Waals surface area (Å²) in [6.07, 6.45) is 3.03. The number of carbonyl (C=O) groups excluding carboxylic acids is 1. The van der Waals surface area contributed by atoms with E-state index in [2.05, 4.69) is 0 Å². The van der Waals surface area contributed by atoms with Crippen LogP contribution in [0, 0.1) is 5.92 Å². The Morgan fingerprint density at radius 3 is 3.06 bits per heavy atom. The monoisotopic (exact) mass is 237 g/mol. The Morgan fingerprint density at radius 1 is 1.53 bits per heavy atom. The summed E-state index contributed by atoms with van der Waals surface area (Å²) in [6, 6.07) is 1.65. The van der Waals surface area contributed by atoms with Crippen LogP contribution in [0.15, 0.2) is 23.0 Å². The highest BCUT2D eigenvalue weighted by atomic mass is 16.6. The Balaban J connectivity index is 1.95. The highest BCUT2D eigenvalue weighted by Gasteiger charge is 2.48. The molecule has 4 atom stereocenters. The number of hydrogen-bond acceptors (Lipinski definition) is 4. The van der Waals surface area contributed by atoms with Gasteiger partial charge in [0, 0.05) is 11.5 Å². The van der Waals surface area contributed by atoms with Crippen LogP contribution in [0.5, 0.6) is 0 Å². The molecule has 92 valence electrons. The lowest BCUT2D eigenvalue weighted by atomic mass is 9.83. The Hall–Kier alpha value is -1.49. The number of piperidine rings is 1. The Morgan fingerprint density at radius 2 is 2.35 bits per heavy atom. The summed E-state index contributed by atoms with van der Waals surface area (Å²) < 4.78 is 10.1. The zero-order valence-corrected chi connectivity index (χ0v) is 9.57. The topological polar surface area (TPSA) is 62.9 Å². The van der Waals surface area contributed by atoms with Crippen LogP contribution in [0.4, 0.5) is 4.79 Å². The van der Waals surface area contributed by atoms with E-state index in [-0.39, 0.29) is 24.1 Å². The quantitative estimate of drug-likeness (QED) is 0.804. The van der Waals surface area contributed by atoms with Crippen LogP contribution in [0.25, 0.3) is 0 Å². The highest BCUT2D eigenvalue weighted by Crippen LogP contribution is 2.40. The molecule has 2 aliphatic rings. The number of hydrogen-bond donors (Lipinski definition) is 1. The molecule has 17 heavy (non-hydrogen) atoms. The van der Waals surface area contributed by atoms with Crippen LogP contribution in [-0.2, 0) is 4.74 Å². The number of amides is 1. The molecular formula is C12H15NO4. The standard InChI is InChI=1S/C12H15NO4/c1-7-10-6-17-12(15)13(10)9(4-11(7)14)8-2-3-16-5-8/h2-3,5,7,9-11,14H,4,6H2,1H3/t7-,9-,10-,11+/m0/s1. The molecule has 1 amide bonds. The Bertz CT molecular complexity index is 416. The molecule has 3 rings (SSSR count). The summed E-state index contributed by atoms with van der Waals surface area (Å²) in [5.41, 5.74) is 0.916. The minimum atomic E-state index is -0.411. The van der Waals surface area contributed by atoms with Crippen LogP contribution in [0.1, 0.15) is 24.9 Å². The Kier molecular flexibility index (Phi) is 2.36. The average molecular weight is 237 g/mol. The van der Waals surface area contributed by atoms with Gasteiger partial charge in [0.2, 0.25) is 0 Å². The number of aliphatic hydroxyl groups is 1. The third kappa shape index (κ3) is 1.53. The van der Waals surface area contributed by atoms with E-state index in [0.29, 0.717) is 13.0 Å². The van der Waals surface area contributed by atoms with Gasteiger partial charge in [-0.1, -0.05) is 6.92 Å². The molecule has 2 saturated heterocycles. The van der Waals surface area contributed by atoms with Crippen molar-refractivity contribution in [3.05, 3.63) is 24.2 Å². The van der Waals surface area contributed by atoms with Crippen molar-refractivity contribution in [2.45, 2.75) is 31.5 Å². The van der Waals surface area contributed by atoms with Crippen molar-refractivity contribution >= 4 is 6.09 Å². The fourth-order valence-electron chi connectivity index (χ4n) is 2.79. The summed E-state index contributed by atoms with van der Waals surface area (Å²) in [7, 11) is 0. The molecule has 1 N–H and O–H groups in total. The van der Waals surface area contributed by atoms with E-state index in [0.717, 1.165) is 5.56 Å². The first-order valence-electron chi connectivity index (χ1n) is 5.83. The molecule has 5 nitrogen and oxygen atoms in total. The van der Waals surface area contributed by atoms with Gasteiger partial charge in [-0.3, -0.25) is 4.90 Å². The van der Waals surface area contributed by atoms with Gasteiger partial charge in [-0.15, -0.1) is 0 Å². The molecule has 0 saturated carbocycles. The average Bonchev–Trinajstić information content (AvgIpc) is 2.93. The van der Waals surface area contributed by atoms with Crippen molar-refractivity contribution < 1.29 is 19.1 Å². The third-order valence-electron chi connectivity index (χ3n) is 3.89. The van der Waals surface area contributed by atoms with E-state index in [4.69, 9.17) is 9.15 Å². The number of furan rings is 1. The molecule has 0 radical (unpaired) electrons. The fraction of sp³-hybridized carbons (Fsp3) is 0.583. The minimum Gasteiger partial charge on any atom is -0.472 e. The number of fused-ring (bicyclic) bond motifs is 1. The largest absolute Gasteiger partial charge is 0.472 e. The van der Waals surface area contributed by atoms with Crippen LogP contribution in [-0.4, -0.2) is 34.9 Å². The summed E-state index contributed by atoms with van der Waals surface area (Å²) in [6.45, 7) is 2.32. The van der Waals surface area contributed by atoms with Crippen LogP contribution in [0.2, 0.25) is 0 Å². The second kappa shape index (κ2) is 3.77. The third-order valence-corrected chi connectivity index (χ3v) is 3.89. The van der Waals surface area contributed by atoms with Gasteiger partial charge in [0.1, 0.15) is 6.61 Å².